The summed E-state index contributed by atoms with van der Waals surface area (Å²) in [6.07, 6.45) is -4.56. The highest BCUT2D eigenvalue weighted by molar-refractivity contribution is 7.92. The zero-order chi connectivity index (χ0) is 21.8. The SMILES string of the molecule is O=C(CN(c1ccccc1)S(=O)(=O)c1ccccc1)Nc1cccc(C(F)(F)F)c1. The number of para-hydroxylation sites is 1. The fraction of sp³-hybridized carbons (Fsp3) is 0.0952. The largest absolute Gasteiger partial charge is 0.416 e. The Balaban J connectivity index is 1.88. The molecule has 0 bridgehead atoms. The van der Waals surface area contributed by atoms with Crippen LogP contribution in [-0.2, 0) is 21.0 Å². The van der Waals surface area contributed by atoms with Crippen LogP contribution in [0.15, 0.2) is 89.8 Å². The lowest BCUT2D eigenvalue weighted by atomic mass is 10.2. The molecule has 9 heteroatoms. The Bertz CT molecular complexity index is 1120. The average Bonchev–Trinajstić information content (AvgIpc) is 2.73. The number of hydrogen-bond acceptors (Lipinski definition) is 3. The predicted molar refractivity (Wildman–Crippen MR) is 107 cm³/mol. The second-order valence-electron chi connectivity index (χ2n) is 6.29. The average molecular weight is 434 g/mol. The summed E-state index contributed by atoms with van der Waals surface area (Å²) in [7, 11) is -4.08. The van der Waals surface area contributed by atoms with Gasteiger partial charge in [-0.3, -0.25) is 9.10 Å². The molecule has 3 aromatic rings. The molecule has 1 N–H and O–H groups in total. The highest BCUT2D eigenvalue weighted by atomic mass is 32.2. The van der Waals surface area contributed by atoms with Gasteiger partial charge in [0.15, 0.2) is 0 Å². The van der Waals surface area contributed by atoms with Gasteiger partial charge in [0, 0.05) is 5.69 Å². The summed E-state index contributed by atoms with van der Waals surface area (Å²) in [5.41, 5.74) is -0.752. The van der Waals surface area contributed by atoms with E-state index in [2.05, 4.69) is 5.32 Å². The number of sulfonamides is 1. The maximum Gasteiger partial charge on any atom is 0.416 e. The van der Waals surface area contributed by atoms with E-state index in [4.69, 9.17) is 0 Å². The molecule has 3 rings (SSSR count). The first-order valence-corrected chi connectivity index (χ1v) is 10.2. The molecule has 0 aliphatic heterocycles. The molecular weight excluding hydrogens is 417 g/mol. The first kappa shape index (κ1) is 21.4. The third-order valence-electron chi connectivity index (χ3n) is 4.14. The van der Waals surface area contributed by atoms with E-state index in [0.717, 1.165) is 22.5 Å². The van der Waals surface area contributed by atoms with E-state index in [0.29, 0.717) is 0 Å². The van der Waals surface area contributed by atoms with Gasteiger partial charge in [0.1, 0.15) is 6.54 Å². The monoisotopic (exact) mass is 434 g/mol. The summed E-state index contributed by atoms with van der Waals surface area (Å²) in [6, 6.07) is 19.7. The molecule has 0 aromatic heterocycles. The number of anilines is 2. The van der Waals surface area contributed by atoms with Crippen LogP contribution in [0, 0.1) is 0 Å². The minimum absolute atomic E-state index is 0.0132. The van der Waals surface area contributed by atoms with Gasteiger partial charge in [0.25, 0.3) is 10.0 Å². The summed E-state index contributed by atoms with van der Waals surface area (Å²) in [6.45, 7) is -0.614. The Labute approximate surface area is 171 Å². The number of nitrogens with one attached hydrogen (secondary N) is 1. The predicted octanol–water partition coefficient (Wildman–Crippen LogP) is 4.54. The molecular formula is C21H17F3N2O3S. The van der Waals surface area contributed by atoms with Gasteiger partial charge in [-0.05, 0) is 42.5 Å². The summed E-state index contributed by atoms with van der Waals surface area (Å²) in [5.74, 6) is -0.780. The van der Waals surface area contributed by atoms with Crippen molar-refractivity contribution in [3.63, 3.8) is 0 Å². The lowest BCUT2D eigenvalue weighted by molar-refractivity contribution is -0.137. The number of alkyl halides is 3. The lowest BCUT2D eigenvalue weighted by Gasteiger charge is -2.24. The minimum atomic E-state index is -4.56. The van der Waals surface area contributed by atoms with Crippen LogP contribution in [0.5, 0.6) is 0 Å². The number of carbonyl (C=O) groups excluding carboxylic acids is 1. The van der Waals surface area contributed by atoms with Crippen molar-refractivity contribution >= 4 is 27.3 Å². The molecule has 156 valence electrons. The summed E-state index contributed by atoms with van der Waals surface area (Å²) < 4.78 is 65.8. The quantitative estimate of drug-likeness (QED) is 0.620. The van der Waals surface area contributed by atoms with Crippen LogP contribution in [0.2, 0.25) is 0 Å². The number of hydrogen-bond donors (Lipinski definition) is 1. The van der Waals surface area contributed by atoms with Crippen molar-refractivity contribution in [1.29, 1.82) is 0 Å². The van der Waals surface area contributed by atoms with Crippen molar-refractivity contribution in [3.8, 4) is 0 Å². The molecule has 0 aliphatic rings. The van der Waals surface area contributed by atoms with Gasteiger partial charge < -0.3 is 5.32 Å². The Hall–Kier alpha value is -3.33. The Morgan fingerprint density at radius 1 is 0.867 bits per heavy atom. The number of halogens is 3. The molecule has 0 fully saturated rings. The maximum absolute atomic E-state index is 13.1. The van der Waals surface area contributed by atoms with E-state index in [9.17, 15) is 26.4 Å². The molecule has 0 aliphatic carbocycles. The van der Waals surface area contributed by atoms with Gasteiger partial charge in [-0.2, -0.15) is 13.2 Å². The zero-order valence-corrected chi connectivity index (χ0v) is 16.3. The molecule has 0 spiro atoms. The minimum Gasteiger partial charge on any atom is -0.325 e. The fourth-order valence-corrected chi connectivity index (χ4v) is 4.18. The van der Waals surface area contributed by atoms with Crippen LogP contribution in [0.25, 0.3) is 0 Å². The highest BCUT2D eigenvalue weighted by Crippen LogP contribution is 2.30. The molecule has 5 nitrogen and oxygen atoms in total. The van der Waals surface area contributed by atoms with Crippen molar-refractivity contribution < 1.29 is 26.4 Å². The number of rotatable bonds is 6. The molecule has 3 aromatic carbocycles. The Morgan fingerprint density at radius 3 is 2.07 bits per heavy atom. The molecule has 0 radical (unpaired) electrons. The first-order valence-electron chi connectivity index (χ1n) is 8.78. The normalized spacial score (nSPS) is 11.7. The van der Waals surface area contributed by atoms with Gasteiger partial charge in [-0.1, -0.05) is 42.5 Å². The fourth-order valence-electron chi connectivity index (χ4n) is 2.73. The van der Waals surface area contributed by atoms with E-state index in [-0.39, 0.29) is 16.3 Å². The third kappa shape index (κ3) is 4.98. The molecule has 1 amide bonds. The Kier molecular flexibility index (Phi) is 6.12. The Morgan fingerprint density at radius 2 is 1.47 bits per heavy atom. The van der Waals surface area contributed by atoms with Crippen LogP contribution < -0.4 is 9.62 Å². The van der Waals surface area contributed by atoms with Crippen molar-refractivity contribution in [1.82, 2.24) is 0 Å². The molecule has 0 heterocycles. The van der Waals surface area contributed by atoms with E-state index >= 15 is 0 Å². The number of benzene rings is 3. The van der Waals surface area contributed by atoms with Gasteiger partial charge in [0.05, 0.1) is 16.1 Å². The van der Waals surface area contributed by atoms with E-state index in [1.807, 2.05) is 0 Å². The second kappa shape index (κ2) is 8.58. The maximum atomic E-state index is 13.1. The smallest absolute Gasteiger partial charge is 0.325 e. The first-order chi connectivity index (χ1) is 14.2. The van der Waals surface area contributed by atoms with Crippen LogP contribution >= 0.6 is 0 Å². The van der Waals surface area contributed by atoms with Crippen molar-refractivity contribution in [2.75, 3.05) is 16.2 Å². The molecule has 0 unspecified atom stereocenters. The zero-order valence-electron chi connectivity index (χ0n) is 15.5. The third-order valence-corrected chi connectivity index (χ3v) is 5.92. The van der Waals surface area contributed by atoms with Crippen LogP contribution in [0.1, 0.15) is 5.56 Å². The van der Waals surface area contributed by atoms with Crippen molar-refractivity contribution in [2.45, 2.75) is 11.1 Å². The molecule has 0 saturated heterocycles. The van der Waals surface area contributed by atoms with Crippen LogP contribution in [-0.4, -0.2) is 20.9 Å². The van der Waals surface area contributed by atoms with Crippen LogP contribution in [0.4, 0.5) is 24.5 Å². The van der Waals surface area contributed by atoms with Crippen LogP contribution in [0.3, 0.4) is 0 Å². The number of amides is 1. The number of carbonyl (C=O) groups is 1. The van der Waals surface area contributed by atoms with Crippen molar-refractivity contribution in [2.24, 2.45) is 0 Å². The van der Waals surface area contributed by atoms with Gasteiger partial charge in [-0.15, -0.1) is 0 Å². The summed E-state index contributed by atoms with van der Waals surface area (Å²) in [4.78, 5) is 12.5. The van der Waals surface area contributed by atoms with Gasteiger partial charge >= 0.3 is 6.18 Å². The topological polar surface area (TPSA) is 66.5 Å². The summed E-state index contributed by atoms with van der Waals surface area (Å²) >= 11 is 0. The van der Waals surface area contributed by atoms with E-state index in [1.54, 1.807) is 36.4 Å². The van der Waals surface area contributed by atoms with E-state index in [1.165, 1.54) is 30.3 Å². The van der Waals surface area contributed by atoms with Crippen molar-refractivity contribution in [3.05, 3.63) is 90.5 Å². The molecule has 0 saturated carbocycles. The van der Waals surface area contributed by atoms with E-state index < -0.39 is 34.2 Å². The summed E-state index contributed by atoms with van der Waals surface area (Å²) in [5, 5.41) is 2.33. The lowest BCUT2D eigenvalue weighted by Crippen LogP contribution is -2.38. The van der Waals surface area contributed by atoms with Gasteiger partial charge in [0.2, 0.25) is 5.91 Å². The standard InChI is InChI=1S/C21H17F3N2O3S/c22-21(23,24)16-8-7-9-17(14-16)25-20(27)15-26(18-10-3-1-4-11-18)30(28,29)19-12-5-2-6-13-19/h1-14H,15H2,(H,25,27). The van der Waals surface area contributed by atoms with Gasteiger partial charge in [-0.25, -0.2) is 8.42 Å². The highest BCUT2D eigenvalue weighted by Gasteiger charge is 2.31. The molecule has 0 atom stereocenters. The molecule has 30 heavy (non-hydrogen) atoms. The second-order valence-corrected chi connectivity index (χ2v) is 8.15. The number of nitrogens with zero attached hydrogens (tertiary/aromatic N) is 1.